The molecule has 1 aromatic rings. The van der Waals surface area contributed by atoms with Crippen molar-refractivity contribution in [1.82, 2.24) is 15.3 Å². The molecule has 4 nitrogen and oxygen atoms in total. The van der Waals surface area contributed by atoms with Crippen molar-refractivity contribution in [3.63, 3.8) is 0 Å². The second-order valence-electron chi connectivity index (χ2n) is 4.64. The van der Waals surface area contributed by atoms with Gasteiger partial charge in [0.25, 0.3) is 0 Å². The fourth-order valence-electron chi connectivity index (χ4n) is 2.49. The van der Waals surface area contributed by atoms with Gasteiger partial charge in [-0.15, -0.1) is 0 Å². The van der Waals surface area contributed by atoms with Crippen LogP contribution >= 0.6 is 0 Å². The number of hydrogen-bond acceptors (Lipinski definition) is 3. The van der Waals surface area contributed by atoms with Gasteiger partial charge in [0.2, 0.25) is 0 Å². The average Bonchev–Trinajstić information content (AvgIpc) is 2.71. The maximum atomic E-state index is 9.38. The molecule has 0 amide bonds. The topological polar surface area (TPSA) is 60.9 Å². The van der Waals surface area contributed by atoms with Gasteiger partial charge in [-0.1, -0.05) is 19.3 Å². The third-order valence-corrected chi connectivity index (χ3v) is 3.50. The Morgan fingerprint density at radius 3 is 3.00 bits per heavy atom. The van der Waals surface area contributed by atoms with Crippen LogP contribution in [0.1, 0.15) is 37.8 Å². The molecule has 16 heavy (non-hydrogen) atoms. The van der Waals surface area contributed by atoms with Crippen LogP contribution in [0.3, 0.4) is 0 Å². The van der Waals surface area contributed by atoms with Gasteiger partial charge < -0.3 is 15.4 Å². The number of aromatic amines is 1. The van der Waals surface area contributed by atoms with Gasteiger partial charge in [0.1, 0.15) is 0 Å². The monoisotopic (exact) mass is 223 g/mol. The van der Waals surface area contributed by atoms with E-state index in [1.165, 1.54) is 25.7 Å². The molecule has 3 N–H and O–H groups in total. The summed E-state index contributed by atoms with van der Waals surface area (Å²) in [5.41, 5.74) is 1.11. The van der Waals surface area contributed by atoms with Crippen LogP contribution in [-0.2, 0) is 6.54 Å². The minimum Gasteiger partial charge on any atom is -0.396 e. The third kappa shape index (κ3) is 3.06. The minimum absolute atomic E-state index is 0.306. The predicted octanol–water partition coefficient (Wildman–Crippen LogP) is 1.44. The second kappa shape index (κ2) is 6.01. The molecule has 2 unspecified atom stereocenters. The zero-order valence-electron chi connectivity index (χ0n) is 9.65. The Kier molecular flexibility index (Phi) is 4.36. The Bertz CT molecular complexity index is 286. The average molecular weight is 223 g/mol. The minimum atomic E-state index is 0.306. The summed E-state index contributed by atoms with van der Waals surface area (Å²) in [4.78, 5) is 7.09. The van der Waals surface area contributed by atoms with E-state index in [4.69, 9.17) is 0 Å². The molecule has 1 aliphatic rings. The van der Waals surface area contributed by atoms with Gasteiger partial charge in [-0.05, 0) is 18.8 Å². The smallest absolute Gasteiger partial charge is 0.0922 e. The summed E-state index contributed by atoms with van der Waals surface area (Å²) in [6.07, 6.45) is 9.71. The highest BCUT2D eigenvalue weighted by molar-refractivity contribution is 4.94. The molecule has 2 rings (SSSR count). The van der Waals surface area contributed by atoms with Crippen LogP contribution in [0.2, 0.25) is 0 Å². The summed E-state index contributed by atoms with van der Waals surface area (Å²) in [5, 5.41) is 12.9. The van der Waals surface area contributed by atoms with Gasteiger partial charge >= 0.3 is 0 Å². The number of nitrogens with zero attached hydrogens (tertiary/aromatic N) is 1. The third-order valence-electron chi connectivity index (χ3n) is 3.50. The van der Waals surface area contributed by atoms with Crippen LogP contribution in [0.15, 0.2) is 12.5 Å². The molecule has 1 saturated carbocycles. The van der Waals surface area contributed by atoms with Crippen LogP contribution in [0, 0.1) is 5.92 Å². The first-order valence-corrected chi connectivity index (χ1v) is 6.21. The number of aromatic nitrogens is 2. The molecule has 0 aliphatic heterocycles. The van der Waals surface area contributed by atoms with Crippen molar-refractivity contribution in [3.8, 4) is 0 Å². The Labute approximate surface area is 96.5 Å². The molecule has 1 fully saturated rings. The first-order chi connectivity index (χ1) is 7.90. The summed E-state index contributed by atoms with van der Waals surface area (Å²) < 4.78 is 0. The Morgan fingerprint density at radius 1 is 1.38 bits per heavy atom. The number of nitrogens with one attached hydrogen (secondary N) is 2. The highest BCUT2D eigenvalue weighted by Crippen LogP contribution is 2.23. The molecule has 0 saturated heterocycles. The molecule has 4 heteroatoms. The lowest BCUT2D eigenvalue weighted by molar-refractivity contribution is 0.181. The largest absolute Gasteiger partial charge is 0.396 e. The number of H-pyrrole nitrogens is 1. The van der Waals surface area contributed by atoms with Gasteiger partial charge in [-0.25, -0.2) is 4.98 Å². The van der Waals surface area contributed by atoms with Gasteiger partial charge in [0.15, 0.2) is 0 Å². The van der Waals surface area contributed by atoms with Crippen LogP contribution in [0.4, 0.5) is 0 Å². The van der Waals surface area contributed by atoms with Crippen molar-refractivity contribution in [3.05, 3.63) is 18.2 Å². The second-order valence-corrected chi connectivity index (χ2v) is 4.64. The summed E-state index contributed by atoms with van der Waals surface area (Å²) in [6.45, 7) is 1.13. The molecule has 0 bridgehead atoms. The fourth-order valence-corrected chi connectivity index (χ4v) is 2.49. The van der Waals surface area contributed by atoms with Crippen molar-refractivity contribution in [2.24, 2.45) is 5.92 Å². The van der Waals surface area contributed by atoms with Crippen molar-refractivity contribution in [2.75, 3.05) is 6.61 Å². The highest BCUT2D eigenvalue weighted by atomic mass is 16.3. The van der Waals surface area contributed by atoms with E-state index in [-0.39, 0.29) is 0 Å². The first-order valence-electron chi connectivity index (χ1n) is 6.21. The van der Waals surface area contributed by atoms with Gasteiger partial charge in [0.05, 0.1) is 6.33 Å². The van der Waals surface area contributed by atoms with Crippen molar-refractivity contribution in [1.29, 1.82) is 0 Å². The molecule has 1 aromatic heterocycles. The summed E-state index contributed by atoms with van der Waals surface area (Å²) in [5.74, 6) is 0.422. The number of rotatable bonds is 4. The van der Waals surface area contributed by atoms with Crippen molar-refractivity contribution < 1.29 is 5.11 Å². The standard InChI is InChI=1S/C12H21N3O/c16-8-10-4-2-1-3-5-12(10)14-7-11-6-13-9-15-11/h6,9-10,12,14,16H,1-5,7-8H2,(H,13,15). The lowest BCUT2D eigenvalue weighted by Crippen LogP contribution is -2.36. The van der Waals surface area contributed by atoms with Crippen LogP contribution < -0.4 is 5.32 Å². The van der Waals surface area contributed by atoms with E-state index < -0.39 is 0 Å². The van der Waals surface area contributed by atoms with Crippen molar-refractivity contribution >= 4 is 0 Å². The van der Waals surface area contributed by atoms with Crippen molar-refractivity contribution in [2.45, 2.75) is 44.7 Å². The molecule has 0 radical (unpaired) electrons. The highest BCUT2D eigenvalue weighted by Gasteiger charge is 2.22. The van der Waals surface area contributed by atoms with E-state index in [2.05, 4.69) is 15.3 Å². The molecular formula is C12H21N3O. The number of imidazole rings is 1. The Balaban J connectivity index is 1.85. The number of aliphatic hydroxyl groups excluding tert-OH is 1. The first kappa shape index (κ1) is 11.6. The molecular weight excluding hydrogens is 202 g/mol. The molecule has 1 aliphatic carbocycles. The lowest BCUT2D eigenvalue weighted by atomic mass is 9.95. The summed E-state index contributed by atoms with van der Waals surface area (Å²) >= 11 is 0. The van der Waals surface area contributed by atoms with E-state index in [1.54, 1.807) is 6.33 Å². The lowest BCUT2D eigenvalue weighted by Gasteiger charge is -2.24. The SMILES string of the molecule is OCC1CCCCCC1NCc1cnc[nH]1. The molecule has 0 spiro atoms. The number of hydrogen-bond donors (Lipinski definition) is 3. The summed E-state index contributed by atoms with van der Waals surface area (Å²) in [7, 11) is 0. The molecule has 0 aromatic carbocycles. The predicted molar refractivity (Wildman–Crippen MR) is 62.9 cm³/mol. The van der Waals surface area contributed by atoms with Crippen LogP contribution in [0.5, 0.6) is 0 Å². The summed E-state index contributed by atoms with van der Waals surface area (Å²) in [6, 6.07) is 0.454. The van der Waals surface area contributed by atoms with Crippen LogP contribution in [0.25, 0.3) is 0 Å². The zero-order valence-corrected chi connectivity index (χ0v) is 9.65. The van der Waals surface area contributed by atoms with E-state index in [0.29, 0.717) is 18.6 Å². The molecule has 2 atom stereocenters. The van der Waals surface area contributed by atoms with E-state index in [1.807, 2.05) is 6.20 Å². The maximum absolute atomic E-state index is 9.38. The quantitative estimate of drug-likeness (QED) is 0.677. The normalized spacial score (nSPS) is 26.6. The van der Waals surface area contributed by atoms with Gasteiger partial charge in [-0.3, -0.25) is 0 Å². The molecule has 1 heterocycles. The van der Waals surface area contributed by atoms with Crippen LogP contribution in [-0.4, -0.2) is 27.7 Å². The fraction of sp³-hybridized carbons (Fsp3) is 0.750. The van der Waals surface area contributed by atoms with E-state index >= 15 is 0 Å². The van der Waals surface area contributed by atoms with E-state index in [9.17, 15) is 5.11 Å². The van der Waals surface area contributed by atoms with Gasteiger partial charge in [-0.2, -0.15) is 0 Å². The van der Waals surface area contributed by atoms with Gasteiger partial charge in [0, 0.05) is 31.1 Å². The van der Waals surface area contributed by atoms with E-state index in [0.717, 1.165) is 18.7 Å². The Morgan fingerprint density at radius 2 is 2.25 bits per heavy atom. The molecule has 90 valence electrons. The zero-order chi connectivity index (χ0) is 11.2. The Hall–Kier alpha value is -0.870. The number of aliphatic hydroxyl groups is 1. The maximum Gasteiger partial charge on any atom is 0.0922 e.